The smallest absolute Gasteiger partial charge is 0.262 e. The van der Waals surface area contributed by atoms with Gasteiger partial charge in [-0.15, -0.1) is 0 Å². The normalized spacial score (nSPS) is 23.4. The van der Waals surface area contributed by atoms with Gasteiger partial charge < -0.3 is 19.9 Å². The highest BCUT2D eigenvalue weighted by Gasteiger charge is 2.32. The molecule has 1 saturated carbocycles. The molecule has 2 atom stereocenters. The van der Waals surface area contributed by atoms with Gasteiger partial charge in [-0.05, 0) is 18.8 Å². The molecule has 0 spiro atoms. The minimum Gasteiger partial charge on any atom is -0.495 e. The first-order valence-electron chi connectivity index (χ1n) is 8.22. The van der Waals surface area contributed by atoms with Gasteiger partial charge in [0.2, 0.25) is 10.0 Å². The zero-order valence-electron chi connectivity index (χ0n) is 13.9. The number of fused-ring (bicyclic) bond motifs is 1. The van der Waals surface area contributed by atoms with Crippen LogP contribution in [0.3, 0.4) is 0 Å². The molecular formula is C16H22N2O6S. The number of anilines is 1. The second-order valence-electron chi connectivity index (χ2n) is 6.29. The topological polar surface area (TPSA) is 114 Å². The van der Waals surface area contributed by atoms with Crippen LogP contribution in [0.4, 0.5) is 5.69 Å². The van der Waals surface area contributed by atoms with Crippen molar-refractivity contribution in [3.63, 3.8) is 0 Å². The van der Waals surface area contributed by atoms with E-state index in [9.17, 15) is 18.3 Å². The number of hydrogen-bond acceptors (Lipinski definition) is 6. The number of nitrogens with one attached hydrogen (secondary N) is 2. The summed E-state index contributed by atoms with van der Waals surface area (Å²) >= 11 is 0. The molecule has 138 valence electrons. The van der Waals surface area contributed by atoms with E-state index in [1.54, 1.807) is 0 Å². The minimum atomic E-state index is -3.87. The van der Waals surface area contributed by atoms with E-state index >= 15 is 0 Å². The molecule has 0 saturated heterocycles. The van der Waals surface area contributed by atoms with Crippen LogP contribution in [0.1, 0.15) is 25.7 Å². The lowest BCUT2D eigenvalue weighted by molar-refractivity contribution is -0.118. The fourth-order valence-corrected chi connectivity index (χ4v) is 4.81. The number of sulfonamides is 1. The number of hydrogen-bond donors (Lipinski definition) is 3. The van der Waals surface area contributed by atoms with Gasteiger partial charge in [0.1, 0.15) is 16.4 Å². The van der Waals surface area contributed by atoms with Crippen LogP contribution in [0, 0.1) is 5.92 Å². The quantitative estimate of drug-likeness (QED) is 0.708. The highest BCUT2D eigenvalue weighted by atomic mass is 32.2. The Labute approximate surface area is 146 Å². The van der Waals surface area contributed by atoms with Crippen LogP contribution in [0.5, 0.6) is 11.5 Å². The maximum absolute atomic E-state index is 12.9. The number of carbonyl (C=O) groups is 1. The van der Waals surface area contributed by atoms with E-state index in [-0.39, 0.29) is 47.5 Å². The Morgan fingerprint density at radius 2 is 2.12 bits per heavy atom. The fraction of sp³-hybridized carbons (Fsp3) is 0.562. The fourth-order valence-electron chi connectivity index (χ4n) is 3.30. The number of rotatable bonds is 5. The molecule has 0 bridgehead atoms. The molecule has 0 unspecified atom stereocenters. The summed E-state index contributed by atoms with van der Waals surface area (Å²) < 4.78 is 38.9. The van der Waals surface area contributed by atoms with Crippen molar-refractivity contribution < 1.29 is 27.8 Å². The number of amides is 1. The molecule has 3 rings (SSSR count). The van der Waals surface area contributed by atoms with Gasteiger partial charge in [0, 0.05) is 24.8 Å². The SMILES string of the molecule is COc1cc2c(cc1S(=O)(=O)N[C@@H]1CCCC[C@H]1CO)OCC(=O)N2. The largest absolute Gasteiger partial charge is 0.495 e. The second kappa shape index (κ2) is 7.19. The van der Waals surface area contributed by atoms with Gasteiger partial charge in [-0.25, -0.2) is 13.1 Å². The predicted molar refractivity (Wildman–Crippen MR) is 90.3 cm³/mol. The van der Waals surface area contributed by atoms with Gasteiger partial charge >= 0.3 is 0 Å². The number of aliphatic hydroxyl groups is 1. The van der Waals surface area contributed by atoms with Crippen LogP contribution in [-0.4, -0.2) is 45.8 Å². The van der Waals surface area contributed by atoms with Crippen LogP contribution in [-0.2, 0) is 14.8 Å². The summed E-state index contributed by atoms with van der Waals surface area (Å²) in [6.45, 7) is -0.217. The van der Waals surface area contributed by atoms with Gasteiger partial charge in [0.05, 0.1) is 12.8 Å². The van der Waals surface area contributed by atoms with Crippen molar-refractivity contribution in [1.82, 2.24) is 4.72 Å². The lowest BCUT2D eigenvalue weighted by Crippen LogP contribution is -2.43. The zero-order valence-corrected chi connectivity index (χ0v) is 14.8. The van der Waals surface area contributed by atoms with Gasteiger partial charge in [0.25, 0.3) is 5.91 Å². The Morgan fingerprint density at radius 1 is 1.36 bits per heavy atom. The van der Waals surface area contributed by atoms with Crippen LogP contribution in [0.2, 0.25) is 0 Å². The van der Waals surface area contributed by atoms with E-state index in [4.69, 9.17) is 9.47 Å². The minimum absolute atomic E-state index is 0.0489. The number of methoxy groups -OCH3 is 1. The highest BCUT2D eigenvalue weighted by Crippen LogP contribution is 2.37. The lowest BCUT2D eigenvalue weighted by atomic mass is 9.86. The summed E-state index contributed by atoms with van der Waals surface area (Å²) in [6.07, 6.45) is 3.38. The third-order valence-corrected chi connectivity index (χ3v) is 6.15. The molecule has 1 aromatic carbocycles. The Morgan fingerprint density at radius 3 is 2.84 bits per heavy atom. The van der Waals surface area contributed by atoms with Crippen molar-refractivity contribution in [2.75, 3.05) is 25.6 Å². The maximum Gasteiger partial charge on any atom is 0.262 e. The summed E-state index contributed by atoms with van der Waals surface area (Å²) in [6, 6.07) is 2.48. The maximum atomic E-state index is 12.9. The molecule has 2 aliphatic rings. The molecule has 3 N–H and O–H groups in total. The van der Waals surface area contributed by atoms with Crippen LogP contribution in [0.25, 0.3) is 0 Å². The first-order chi connectivity index (χ1) is 11.9. The molecule has 0 radical (unpaired) electrons. The average Bonchev–Trinajstić information content (AvgIpc) is 2.60. The monoisotopic (exact) mass is 370 g/mol. The standard InChI is InChI=1S/C16H22N2O6S/c1-23-14-6-12-13(24-9-16(20)17-12)7-15(14)25(21,22)18-11-5-3-2-4-10(11)8-19/h6-7,10-11,18-19H,2-5,8-9H2,1H3,(H,17,20)/t10-,11+/m0/s1. The van der Waals surface area contributed by atoms with Crippen molar-refractivity contribution in [3.05, 3.63) is 12.1 Å². The van der Waals surface area contributed by atoms with Crippen molar-refractivity contribution in [2.24, 2.45) is 5.92 Å². The third kappa shape index (κ3) is 3.73. The van der Waals surface area contributed by atoms with Crippen LogP contribution < -0.4 is 19.5 Å². The molecule has 8 nitrogen and oxygen atoms in total. The Balaban J connectivity index is 1.92. The summed E-state index contributed by atoms with van der Waals surface area (Å²) in [4.78, 5) is 11.4. The first kappa shape index (κ1) is 18.0. The van der Waals surface area contributed by atoms with E-state index in [1.165, 1.54) is 19.2 Å². The molecule has 0 aromatic heterocycles. The summed E-state index contributed by atoms with van der Waals surface area (Å²) in [5.41, 5.74) is 0.373. The Bertz CT molecular complexity index is 764. The van der Waals surface area contributed by atoms with Crippen molar-refractivity contribution in [2.45, 2.75) is 36.6 Å². The van der Waals surface area contributed by atoms with E-state index in [2.05, 4.69) is 10.0 Å². The lowest BCUT2D eigenvalue weighted by Gasteiger charge is -2.31. The van der Waals surface area contributed by atoms with Crippen LogP contribution >= 0.6 is 0 Å². The van der Waals surface area contributed by atoms with Crippen molar-refractivity contribution >= 4 is 21.6 Å². The van der Waals surface area contributed by atoms with Crippen LogP contribution in [0.15, 0.2) is 17.0 Å². The van der Waals surface area contributed by atoms with E-state index in [1.807, 2.05) is 0 Å². The summed E-state index contributed by atoms with van der Waals surface area (Å²) in [5.74, 6) is -0.00417. The highest BCUT2D eigenvalue weighted by molar-refractivity contribution is 7.89. The van der Waals surface area contributed by atoms with Gasteiger partial charge in [-0.2, -0.15) is 0 Å². The average molecular weight is 370 g/mol. The van der Waals surface area contributed by atoms with E-state index in [0.717, 1.165) is 19.3 Å². The number of benzene rings is 1. The van der Waals surface area contributed by atoms with Crippen molar-refractivity contribution in [1.29, 1.82) is 0 Å². The number of aliphatic hydroxyl groups excluding tert-OH is 1. The Kier molecular flexibility index (Phi) is 5.16. The van der Waals surface area contributed by atoms with Gasteiger partial charge in [-0.3, -0.25) is 4.79 Å². The zero-order chi connectivity index (χ0) is 18.0. The molecule has 1 fully saturated rings. The molecule has 9 heteroatoms. The summed E-state index contributed by atoms with van der Waals surface area (Å²) in [5, 5.41) is 12.1. The van der Waals surface area contributed by atoms with E-state index < -0.39 is 10.0 Å². The Hall–Kier alpha value is -1.84. The molecule has 1 aliphatic carbocycles. The second-order valence-corrected chi connectivity index (χ2v) is 7.97. The molecule has 1 aromatic rings. The third-order valence-electron chi connectivity index (χ3n) is 4.64. The predicted octanol–water partition coefficient (Wildman–Crippen LogP) is 0.855. The molecule has 1 amide bonds. The summed E-state index contributed by atoms with van der Waals surface area (Å²) in [7, 11) is -2.51. The first-order valence-corrected chi connectivity index (χ1v) is 9.71. The van der Waals surface area contributed by atoms with Gasteiger partial charge in [0.15, 0.2) is 6.61 Å². The number of ether oxygens (including phenoxy) is 2. The van der Waals surface area contributed by atoms with Gasteiger partial charge in [-0.1, -0.05) is 12.8 Å². The molecule has 1 heterocycles. The van der Waals surface area contributed by atoms with E-state index in [0.29, 0.717) is 12.1 Å². The number of carbonyl (C=O) groups excluding carboxylic acids is 1. The van der Waals surface area contributed by atoms with Crippen molar-refractivity contribution in [3.8, 4) is 11.5 Å². The molecule has 1 aliphatic heterocycles. The molecule has 25 heavy (non-hydrogen) atoms. The molecular weight excluding hydrogens is 348 g/mol.